The normalized spacial score (nSPS) is 20.0. The van der Waals surface area contributed by atoms with Crippen molar-refractivity contribution in [3.8, 4) is 0 Å². The van der Waals surface area contributed by atoms with Crippen molar-refractivity contribution in [2.75, 3.05) is 18.6 Å². The molecule has 0 aliphatic heterocycles. The van der Waals surface area contributed by atoms with Gasteiger partial charge in [0.2, 0.25) is 5.91 Å². The van der Waals surface area contributed by atoms with Crippen LogP contribution in [-0.4, -0.2) is 45.1 Å². The third kappa shape index (κ3) is 4.95. The summed E-state index contributed by atoms with van der Waals surface area (Å²) in [6.07, 6.45) is 4.96. The molecular formula is C21H27N3O5S. The van der Waals surface area contributed by atoms with E-state index in [0.29, 0.717) is 42.5 Å². The lowest BCUT2D eigenvalue weighted by Crippen LogP contribution is -2.45. The standard InChI is InChI=1S/C21H27N3O5S/c1-30-11-10-17(18(25)22-12-13-6-8-14(9-7-13)20(27)28)24-19(26)15-4-2-3-5-16(15)23-21(24)29/h2-5,13-14,17H,6-12H2,1H3,(H,22,25)(H,23,29)(H,27,28)/t13?,14?,17-/m0/s1. The summed E-state index contributed by atoms with van der Waals surface area (Å²) in [6, 6.07) is 5.85. The van der Waals surface area contributed by atoms with Crippen molar-refractivity contribution in [2.24, 2.45) is 11.8 Å². The maximum Gasteiger partial charge on any atom is 0.329 e. The Morgan fingerprint density at radius 2 is 1.93 bits per heavy atom. The Morgan fingerprint density at radius 3 is 2.60 bits per heavy atom. The molecule has 1 aromatic heterocycles. The summed E-state index contributed by atoms with van der Waals surface area (Å²) in [5.41, 5.74) is -0.623. The minimum absolute atomic E-state index is 0.206. The lowest BCUT2D eigenvalue weighted by molar-refractivity contribution is -0.143. The van der Waals surface area contributed by atoms with Gasteiger partial charge in [0.05, 0.1) is 16.8 Å². The number of carboxylic acid groups (broad SMARTS) is 1. The van der Waals surface area contributed by atoms with Crippen molar-refractivity contribution in [1.82, 2.24) is 14.9 Å². The van der Waals surface area contributed by atoms with Crippen LogP contribution in [0.5, 0.6) is 0 Å². The number of thioether (sulfide) groups is 1. The van der Waals surface area contributed by atoms with Crippen LogP contribution < -0.4 is 16.6 Å². The summed E-state index contributed by atoms with van der Waals surface area (Å²) < 4.78 is 1.02. The van der Waals surface area contributed by atoms with Crippen molar-refractivity contribution < 1.29 is 14.7 Å². The Labute approximate surface area is 178 Å². The number of hydrogen-bond donors (Lipinski definition) is 3. The number of aliphatic carboxylic acids is 1. The summed E-state index contributed by atoms with van der Waals surface area (Å²) in [6.45, 7) is 0.418. The summed E-state index contributed by atoms with van der Waals surface area (Å²) in [4.78, 5) is 52.4. The SMILES string of the molecule is CSCC[C@@H](C(=O)NCC1CCC(C(=O)O)CC1)n1c(=O)[nH]c2ccccc2c1=O. The maximum atomic E-state index is 13.0. The number of benzene rings is 1. The minimum atomic E-state index is -0.895. The second-order valence-corrected chi connectivity index (χ2v) is 8.73. The van der Waals surface area contributed by atoms with Gasteiger partial charge in [-0.05, 0) is 62.2 Å². The van der Waals surface area contributed by atoms with E-state index in [4.69, 9.17) is 5.11 Å². The lowest BCUT2D eigenvalue weighted by atomic mass is 9.82. The number of carboxylic acids is 1. The number of H-pyrrole nitrogens is 1. The zero-order chi connectivity index (χ0) is 21.7. The average molecular weight is 434 g/mol. The Morgan fingerprint density at radius 1 is 1.23 bits per heavy atom. The van der Waals surface area contributed by atoms with Gasteiger partial charge in [0, 0.05) is 6.54 Å². The molecule has 0 bridgehead atoms. The molecule has 3 N–H and O–H groups in total. The van der Waals surface area contributed by atoms with Crippen LogP contribution in [0.4, 0.5) is 0 Å². The summed E-state index contributed by atoms with van der Waals surface area (Å²) in [5, 5.41) is 12.4. The van der Waals surface area contributed by atoms with Gasteiger partial charge < -0.3 is 15.4 Å². The van der Waals surface area contributed by atoms with E-state index >= 15 is 0 Å². The molecule has 1 atom stereocenters. The Hall–Kier alpha value is -2.55. The largest absolute Gasteiger partial charge is 0.481 e. The zero-order valence-corrected chi connectivity index (χ0v) is 17.7. The van der Waals surface area contributed by atoms with Gasteiger partial charge in [0.15, 0.2) is 0 Å². The molecule has 3 rings (SSSR count). The van der Waals surface area contributed by atoms with Crippen molar-refractivity contribution in [3.05, 3.63) is 45.1 Å². The van der Waals surface area contributed by atoms with E-state index in [2.05, 4.69) is 10.3 Å². The van der Waals surface area contributed by atoms with Gasteiger partial charge in [-0.1, -0.05) is 12.1 Å². The predicted octanol–water partition coefficient (Wildman–Crippen LogP) is 1.99. The van der Waals surface area contributed by atoms with E-state index in [1.165, 1.54) is 0 Å². The molecule has 0 spiro atoms. The average Bonchev–Trinajstić information content (AvgIpc) is 2.74. The first kappa shape index (κ1) is 22.1. The van der Waals surface area contributed by atoms with Crippen molar-refractivity contribution >= 4 is 34.5 Å². The molecule has 0 radical (unpaired) electrons. The van der Waals surface area contributed by atoms with Gasteiger partial charge in [0.25, 0.3) is 5.56 Å². The highest BCUT2D eigenvalue weighted by molar-refractivity contribution is 7.98. The first-order chi connectivity index (χ1) is 14.4. The number of carbonyl (C=O) groups excluding carboxylic acids is 1. The lowest BCUT2D eigenvalue weighted by Gasteiger charge is -2.27. The smallest absolute Gasteiger partial charge is 0.329 e. The molecule has 1 aliphatic carbocycles. The molecule has 0 unspecified atom stereocenters. The Kier molecular flexibility index (Phi) is 7.36. The van der Waals surface area contributed by atoms with Crippen LogP contribution in [0, 0.1) is 11.8 Å². The number of rotatable bonds is 8. The summed E-state index contributed by atoms with van der Waals surface area (Å²) >= 11 is 1.54. The van der Waals surface area contributed by atoms with Crippen molar-refractivity contribution in [2.45, 2.75) is 38.1 Å². The third-order valence-electron chi connectivity index (χ3n) is 5.81. The molecule has 162 valence electrons. The number of aromatic nitrogens is 2. The molecular weight excluding hydrogens is 406 g/mol. The van der Waals surface area contributed by atoms with Gasteiger partial charge in [0.1, 0.15) is 6.04 Å². The van der Waals surface area contributed by atoms with Crippen molar-refractivity contribution in [1.29, 1.82) is 0 Å². The van der Waals surface area contributed by atoms with Crippen LogP contribution in [0.15, 0.2) is 33.9 Å². The molecule has 1 fully saturated rings. The van der Waals surface area contributed by atoms with Gasteiger partial charge in [-0.25, -0.2) is 9.36 Å². The number of nitrogens with one attached hydrogen (secondary N) is 2. The molecule has 1 aliphatic rings. The molecule has 1 saturated carbocycles. The third-order valence-corrected chi connectivity index (χ3v) is 6.45. The van der Waals surface area contributed by atoms with Crippen LogP contribution in [-0.2, 0) is 9.59 Å². The molecule has 1 aromatic carbocycles. The van der Waals surface area contributed by atoms with Gasteiger partial charge in [-0.3, -0.25) is 14.4 Å². The number of hydrogen-bond acceptors (Lipinski definition) is 5. The highest BCUT2D eigenvalue weighted by atomic mass is 32.2. The first-order valence-electron chi connectivity index (χ1n) is 10.2. The van der Waals surface area contributed by atoms with E-state index in [1.54, 1.807) is 36.0 Å². The summed E-state index contributed by atoms with van der Waals surface area (Å²) in [5.74, 6) is -0.587. The van der Waals surface area contributed by atoms with Gasteiger partial charge in [-0.2, -0.15) is 11.8 Å². The van der Waals surface area contributed by atoms with Crippen LogP contribution in [0.25, 0.3) is 10.9 Å². The number of fused-ring (bicyclic) bond motifs is 1. The maximum absolute atomic E-state index is 13.0. The summed E-state index contributed by atoms with van der Waals surface area (Å²) in [7, 11) is 0. The van der Waals surface area contributed by atoms with E-state index in [9.17, 15) is 19.2 Å². The van der Waals surface area contributed by atoms with E-state index < -0.39 is 23.3 Å². The quantitative estimate of drug-likeness (QED) is 0.585. The van der Waals surface area contributed by atoms with E-state index in [-0.39, 0.29) is 17.7 Å². The molecule has 0 saturated heterocycles. The minimum Gasteiger partial charge on any atom is -0.481 e. The number of carbonyl (C=O) groups is 2. The molecule has 9 heteroatoms. The number of para-hydroxylation sites is 1. The highest BCUT2D eigenvalue weighted by Crippen LogP contribution is 2.28. The molecule has 1 heterocycles. The number of nitrogens with zero attached hydrogens (tertiary/aromatic N) is 1. The van der Waals surface area contributed by atoms with Gasteiger partial charge in [-0.15, -0.1) is 0 Å². The second kappa shape index (κ2) is 9.97. The molecule has 2 aromatic rings. The topological polar surface area (TPSA) is 121 Å². The van der Waals surface area contributed by atoms with Crippen molar-refractivity contribution in [3.63, 3.8) is 0 Å². The Bertz CT molecular complexity index is 1020. The fourth-order valence-electron chi connectivity index (χ4n) is 4.04. The van der Waals surface area contributed by atoms with Crippen LogP contribution in [0.3, 0.4) is 0 Å². The highest BCUT2D eigenvalue weighted by Gasteiger charge is 2.28. The van der Waals surface area contributed by atoms with Crippen LogP contribution in [0.2, 0.25) is 0 Å². The van der Waals surface area contributed by atoms with Gasteiger partial charge >= 0.3 is 11.7 Å². The number of aromatic amines is 1. The van der Waals surface area contributed by atoms with E-state index in [1.807, 2.05) is 6.26 Å². The van der Waals surface area contributed by atoms with E-state index in [0.717, 1.165) is 17.4 Å². The predicted molar refractivity (Wildman–Crippen MR) is 117 cm³/mol. The number of amides is 1. The second-order valence-electron chi connectivity index (χ2n) is 7.75. The van der Waals surface area contributed by atoms with Crippen LogP contribution in [0.1, 0.15) is 38.1 Å². The molecule has 1 amide bonds. The fraction of sp³-hybridized carbons (Fsp3) is 0.524. The monoisotopic (exact) mass is 433 g/mol. The zero-order valence-electron chi connectivity index (χ0n) is 16.9. The molecule has 30 heavy (non-hydrogen) atoms. The fourth-order valence-corrected chi connectivity index (χ4v) is 4.50. The first-order valence-corrected chi connectivity index (χ1v) is 11.5. The molecule has 8 nitrogen and oxygen atoms in total. The van der Waals surface area contributed by atoms with Crippen LogP contribution >= 0.6 is 11.8 Å². The Balaban J connectivity index is 1.77.